The maximum absolute atomic E-state index is 12.6. The number of likely N-dealkylation sites (tertiary alicyclic amines) is 1. The van der Waals surface area contributed by atoms with Crippen molar-refractivity contribution in [3.63, 3.8) is 0 Å². The van der Waals surface area contributed by atoms with E-state index < -0.39 is 5.60 Å². The molecule has 0 aromatic heterocycles. The molecule has 1 aliphatic rings. The lowest BCUT2D eigenvalue weighted by atomic mass is 9.62. The largest absolute Gasteiger partial charge is 0.497 e. The Balaban J connectivity index is 1.56. The van der Waals surface area contributed by atoms with Gasteiger partial charge in [-0.3, -0.25) is 4.79 Å². The Bertz CT molecular complexity index is 1200. The molecule has 0 unspecified atom stereocenters. The van der Waals surface area contributed by atoms with Crippen molar-refractivity contribution >= 4 is 5.91 Å². The predicted molar refractivity (Wildman–Crippen MR) is 144 cm³/mol. The number of aliphatic hydroxyl groups is 1. The van der Waals surface area contributed by atoms with Gasteiger partial charge in [0.15, 0.2) is 0 Å². The van der Waals surface area contributed by atoms with Crippen LogP contribution in [0, 0.1) is 5.41 Å². The zero-order chi connectivity index (χ0) is 25.9. The second-order valence-corrected chi connectivity index (χ2v) is 10.7. The van der Waals surface area contributed by atoms with Gasteiger partial charge in [-0.1, -0.05) is 81.4 Å². The van der Waals surface area contributed by atoms with Gasteiger partial charge in [0.1, 0.15) is 11.4 Å². The van der Waals surface area contributed by atoms with E-state index in [-0.39, 0.29) is 17.7 Å². The van der Waals surface area contributed by atoms with E-state index in [0.717, 1.165) is 41.1 Å². The molecule has 3 aromatic carbocycles. The molecule has 36 heavy (non-hydrogen) atoms. The summed E-state index contributed by atoms with van der Waals surface area (Å²) in [7, 11) is 3.70. The van der Waals surface area contributed by atoms with Crippen LogP contribution in [0.25, 0.3) is 0 Å². The van der Waals surface area contributed by atoms with E-state index in [1.54, 1.807) is 7.11 Å². The van der Waals surface area contributed by atoms with Crippen LogP contribution in [0.2, 0.25) is 0 Å². The molecule has 1 fully saturated rings. The molecular formula is C31H38N2O3. The lowest BCUT2D eigenvalue weighted by Crippen LogP contribution is -2.63. The molecule has 2 N–H and O–H groups in total. The molecular weight excluding hydrogens is 448 g/mol. The summed E-state index contributed by atoms with van der Waals surface area (Å²) in [6, 6.07) is 23.9. The average molecular weight is 487 g/mol. The van der Waals surface area contributed by atoms with Gasteiger partial charge in [0, 0.05) is 25.0 Å². The Hall–Kier alpha value is -3.15. The molecule has 1 amide bonds. The number of methoxy groups -OCH3 is 1. The third kappa shape index (κ3) is 5.18. The number of rotatable bonds is 9. The van der Waals surface area contributed by atoms with Gasteiger partial charge in [0.05, 0.1) is 13.5 Å². The third-order valence-electron chi connectivity index (χ3n) is 7.44. The summed E-state index contributed by atoms with van der Waals surface area (Å²) in [5, 5.41) is 15.4. The topological polar surface area (TPSA) is 61.8 Å². The van der Waals surface area contributed by atoms with Crippen molar-refractivity contribution < 1.29 is 14.6 Å². The number of nitrogens with one attached hydrogen (secondary N) is 1. The van der Waals surface area contributed by atoms with Gasteiger partial charge in [-0.05, 0) is 52.9 Å². The van der Waals surface area contributed by atoms with Crippen molar-refractivity contribution in [1.82, 2.24) is 10.2 Å². The van der Waals surface area contributed by atoms with E-state index in [1.165, 1.54) is 5.56 Å². The third-order valence-corrected chi connectivity index (χ3v) is 7.44. The van der Waals surface area contributed by atoms with Crippen LogP contribution in [0.1, 0.15) is 54.5 Å². The molecule has 0 spiro atoms. The highest BCUT2D eigenvalue weighted by molar-refractivity contribution is 5.78. The van der Waals surface area contributed by atoms with Crippen LogP contribution in [0.15, 0.2) is 72.8 Å². The van der Waals surface area contributed by atoms with E-state index in [2.05, 4.69) is 62.3 Å². The molecule has 1 heterocycles. The van der Waals surface area contributed by atoms with Crippen molar-refractivity contribution in [1.29, 1.82) is 0 Å². The summed E-state index contributed by atoms with van der Waals surface area (Å²) in [6.07, 6.45) is 0.285. The van der Waals surface area contributed by atoms with Crippen molar-refractivity contribution in [2.45, 2.75) is 45.3 Å². The van der Waals surface area contributed by atoms with Crippen molar-refractivity contribution in [3.05, 3.63) is 101 Å². The first-order chi connectivity index (χ1) is 17.1. The average Bonchev–Trinajstić information content (AvgIpc) is 2.86. The quantitative estimate of drug-likeness (QED) is 0.453. The van der Waals surface area contributed by atoms with E-state index in [0.29, 0.717) is 12.5 Å². The number of hydrogen-bond donors (Lipinski definition) is 2. The first kappa shape index (κ1) is 25.9. The van der Waals surface area contributed by atoms with Gasteiger partial charge in [0.25, 0.3) is 0 Å². The van der Waals surface area contributed by atoms with Crippen molar-refractivity contribution in [3.8, 4) is 5.75 Å². The van der Waals surface area contributed by atoms with E-state index in [9.17, 15) is 9.90 Å². The SMILES string of the molecule is COc1cccc(CC(=O)NCc2cccc([C@](O)(c3ccc(C(C)C)cc3)C3(C)CN(C)C3)c2)c1. The molecule has 1 saturated heterocycles. The summed E-state index contributed by atoms with van der Waals surface area (Å²) in [5.41, 5.74) is 3.41. The van der Waals surface area contributed by atoms with E-state index in [1.807, 2.05) is 48.5 Å². The maximum atomic E-state index is 12.6. The minimum absolute atomic E-state index is 0.0548. The smallest absolute Gasteiger partial charge is 0.224 e. The molecule has 0 saturated carbocycles. The van der Waals surface area contributed by atoms with Crippen molar-refractivity contribution in [2.24, 2.45) is 5.41 Å². The molecule has 1 atom stereocenters. The Morgan fingerprint density at radius 3 is 2.33 bits per heavy atom. The molecule has 5 heteroatoms. The number of hydrogen-bond acceptors (Lipinski definition) is 4. The predicted octanol–water partition coefficient (Wildman–Crippen LogP) is 4.87. The number of carbonyl (C=O) groups excluding carboxylic acids is 1. The molecule has 1 aliphatic heterocycles. The summed E-state index contributed by atoms with van der Waals surface area (Å²) >= 11 is 0. The highest BCUT2D eigenvalue weighted by Gasteiger charge is 2.55. The van der Waals surface area contributed by atoms with Gasteiger partial charge in [0.2, 0.25) is 5.91 Å². The summed E-state index contributed by atoms with van der Waals surface area (Å²) in [6.45, 7) is 8.51. The monoisotopic (exact) mass is 486 g/mol. The number of nitrogens with zero attached hydrogens (tertiary/aromatic N) is 1. The highest BCUT2D eigenvalue weighted by Crippen LogP contribution is 2.50. The normalized spacial score (nSPS) is 16.8. The van der Waals surface area contributed by atoms with Crippen LogP contribution in [0.4, 0.5) is 0 Å². The van der Waals surface area contributed by atoms with Crippen LogP contribution < -0.4 is 10.1 Å². The Morgan fingerprint density at radius 2 is 1.69 bits per heavy atom. The fourth-order valence-corrected chi connectivity index (χ4v) is 5.48. The zero-order valence-corrected chi connectivity index (χ0v) is 22.0. The van der Waals surface area contributed by atoms with Crippen LogP contribution in [0.5, 0.6) is 5.75 Å². The molecule has 5 nitrogen and oxygen atoms in total. The van der Waals surface area contributed by atoms with Gasteiger partial charge in [-0.15, -0.1) is 0 Å². The first-order valence-corrected chi connectivity index (χ1v) is 12.6. The van der Waals surface area contributed by atoms with Crippen molar-refractivity contribution in [2.75, 3.05) is 27.2 Å². The Morgan fingerprint density at radius 1 is 1.03 bits per heavy atom. The molecule has 0 radical (unpaired) electrons. The maximum Gasteiger partial charge on any atom is 0.224 e. The molecule has 190 valence electrons. The second-order valence-electron chi connectivity index (χ2n) is 10.7. The van der Waals surface area contributed by atoms with Crippen LogP contribution >= 0.6 is 0 Å². The highest BCUT2D eigenvalue weighted by atomic mass is 16.5. The van der Waals surface area contributed by atoms with Crippen LogP contribution in [0.3, 0.4) is 0 Å². The number of benzene rings is 3. The Kier molecular flexibility index (Phi) is 7.53. The van der Waals surface area contributed by atoms with Gasteiger partial charge >= 0.3 is 0 Å². The minimum atomic E-state index is -1.14. The molecule has 0 bridgehead atoms. The number of amides is 1. The minimum Gasteiger partial charge on any atom is -0.497 e. The van der Waals surface area contributed by atoms with Crippen LogP contribution in [-0.4, -0.2) is 43.2 Å². The second kappa shape index (κ2) is 10.5. The molecule has 4 rings (SSSR count). The Labute approximate surface area is 215 Å². The van der Waals surface area contributed by atoms with Gasteiger partial charge in [-0.25, -0.2) is 0 Å². The lowest BCUT2D eigenvalue weighted by molar-refractivity contribution is -0.127. The first-order valence-electron chi connectivity index (χ1n) is 12.6. The summed E-state index contributed by atoms with van der Waals surface area (Å²) in [5.74, 6) is 1.12. The van der Waals surface area contributed by atoms with Gasteiger partial charge < -0.3 is 20.1 Å². The lowest BCUT2D eigenvalue weighted by Gasteiger charge is -2.56. The molecule has 0 aliphatic carbocycles. The molecule has 3 aromatic rings. The fraction of sp³-hybridized carbons (Fsp3) is 0.387. The van der Waals surface area contributed by atoms with E-state index >= 15 is 0 Å². The number of ether oxygens (including phenoxy) is 1. The summed E-state index contributed by atoms with van der Waals surface area (Å²) in [4.78, 5) is 14.9. The van der Waals surface area contributed by atoms with E-state index in [4.69, 9.17) is 4.74 Å². The standard InChI is InChI=1S/C31H38N2O3/c1-22(2)25-12-14-26(15-13-25)31(35,30(3)20-33(4)21-30)27-10-6-9-24(16-27)19-32-29(34)18-23-8-7-11-28(17-23)36-5/h6-17,22,35H,18-21H2,1-5H3,(H,32,34)/t31-/m1/s1. The van der Waals surface area contributed by atoms with Gasteiger partial charge in [-0.2, -0.15) is 0 Å². The number of carbonyl (C=O) groups is 1. The van der Waals surface area contributed by atoms with Crippen LogP contribution in [-0.2, 0) is 23.4 Å². The fourth-order valence-electron chi connectivity index (χ4n) is 5.48. The zero-order valence-electron chi connectivity index (χ0n) is 22.0. The summed E-state index contributed by atoms with van der Waals surface area (Å²) < 4.78 is 5.25.